The number of aromatic amines is 1. The minimum atomic E-state index is -1.07. The Bertz CT molecular complexity index is 770. The lowest BCUT2D eigenvalue weighted by Crippen LogP contribution is -1.98. The van der Waals surface area contributed by atoms with Gasteiger partial charge in [-0.1, -0.05) is 66.4 Å². The molecule has 0 saturated heterocycles. The van der Waals surface area contributed by atoms with Gasteiger partial charge in [0.15, 0.2) is 5.03 Å². The Hall–Kier alpha value is -2.60. The van der Waals surface area contributed by atoms with Crippen LogP contribution < -0.4 is 0 Å². The summed E-state index contributed by atoms with van der Waals surface area (Å²) in [5, 5.41) is 19.2. The molecule has 0 aliphatic heterocycles. The van der Waals surface area contributed by atoms with Gasteiger partial charge >= 0.3 is 5.97 Å². The quantitative estimate of drug-likeness (QED) is 0.705. The highest BCUT2D eigenvalue weighted by atomic mass is 32.2. The largest absolute Gasteiger partial charge is 0.476 e. The van der Waals surface area contributed by atoms with Crippen LogP contribution in [0.3, 0.4) is 0 Å². The molecule has 0 bridgehead atoms. The summed E-state index contributed by atoms with van der Waals surface area (Å²) in [6, 6.07) is 18.3. The minimum absolute atomic E-state index is 0.0362. The van der Waals surface area contributed by atoms with E-state index >= 15 is 0 Å². The Morgan fingerprint density at radius 3 is 2.36 bits per heavy atom. The first-order valence-corrected chi connectivity index (χ1v) is 7.64. The fourth-order valence-corrected chi connectivity index (χ4v) is 2.91. The average Bonchev–Trinajstić information content (AvgIpc) is 3.03. The average molecular weight is 311 g/mol. The van der Waals surface area contributed by atoms with Crippen molar-refractivity contribution in [1.29, 1.82) is 0 Å². The maximum atomic E-state index is 11.0. The van der Waals surface area contributed by atoms with Gasteiger partial charge in [0.2, 0.25) is 5.69 Å². The van der Waals surface area contributed by atoms with Gasteiger partial charge in [-0.05, 0) is 16.7 Å². The first-order valence-electron chi connectivity index (χ1n) is 6.65. The lowest BCUT2D eigenvalue weighted by Gasteiger charge is -2.04. The molecule has 110 valence electrons. The van der Waals surface area contributed by atoms with Crippen molar-refractivity contribution in [2.24, 2.45) is 0 Å². The molecule has 0 fully saturated rings. The van der Waals surface area contributed by atoms with E-state index in [0.717, 1.165) is 11.1 Å². The first kappa shape index (κ1) is 14.3. The fourth-order valence-electron chi connectivity index (χ4n) is 2.04. The van der Waals surface area contributed by atoms with Gasteiger partial charge in [0.1, 0.15) is 0 Å². The van der Waals surface area contributed by atoms with Gasteiger partial charge in [-0.3, -0.25) is 0 Å². The standard InChI is InChI=1S/C16H13N3O2S/c20-16(21)14-15(18-19-17-14)22-10-11-6-8-13(9-7-11)12-4-2-1-3-5-12/h1-9H,10H2,(H,20,21)(H,17,18,19). The zero-order valence-electron chi connectivity index (χ0n) is 11.6. The zero-order chi connectivity index (χ0) is 15.4. The number of thioether (sulfide) groups is 1. The monoisotopic (exact) mass is 311 g/mol. The number of aromatic carboxylic acids is 1. The van der Waals surface area contributed by atoms with Gasteiger partial charge in [0.25, 0.3) is 0 Å². The number of carbonyl (C=O) groups is 1. The van der Waals surface area contributed by atoms with Crippen LogP contribution in [0.2, 0.25) is 0 Å². The van der Waals surface area contributed by atoms with E-state index in [4.69, 9.17) is 5.11 Å². The maximum Gasteiger partial charge on any atom is 0.359 e. The molecule has 0 aliphatic carbocycles. The predicted octanol–water partition coefficient (Wildman–Crippen LogP) is 3.46. The van der Waals surface area contributed by atoms with Gasteiger partial charge in [0.05, 0.1) is 0 Å². The number of H-pyrrole nitrogens is 1. The Kier molecular flexibility index (Phi) is 4.20. The van der Waals surface area contributed by atoms with E-state index in [1.807, 2.05) is 30.3 Å². The van der Waals surface area contributed by atoms with Gasteiger partial charge in [0, 0.05) is 5.75 Å². The highest BCUT2D eigenvalue weighted by molar-refractivity contribution is 7.98. The Morgan fingerprint density at radius 2 is 1.68 bits per heavy atom. The van der Waals surface area contributed by atoms with Crippen molar-refractivity contribution >= 4 is 17.7 Å². The van der Waals surface area contributed by atoms with Gasteiger partial charge in [-0.2, -0.15) is 5.21 Å². The van der Waals surface area contributed by atoms with E-state index in [-0.39, 0.29) is 5.69 Å². The zero-order valence-corrected chi connectivity index (χ0v) is 12.4. The van der Waals surface area contributed by atoms with Gasteiger partial charge < -0.3 is 5.11 Å². The molecule has 1 aromatic heterocycles. The number of nitrogens with one attached hydrogen (secondary N) is 1. The second-order valence-corrected chi connectivity index (χ2v) is 5.60. The lowest BCUT2D eigenvalue weighted by molar-refractivity contribution is 0.0686. The van der Waals surface area contributed by atoms with Crippen LogP contribution in [0.5, 0.6) is 0 Å². The van der Waals surface area contributed by atoms with E-state index in [1.54, 1.807) is 0 Å². The summed E-state index contributed by atoms with van der Waals surface area (Å²) in [5.41, 5.74) is 3.39. The molecule has 0 unspecified atom stereocenters. The molecule has 6 heteroatoms. The number of carboxylic acids is 1. The molecule has 3 rings (SSSR count). The number of carboxylic acid groups (broad SMARTS) is 1. The smallest absolute Gasteiger partial charge is 0.359 e. The number of benzene rings is 2. The van der Waals surface area contributed by atoms with Crippen LogP contribution in [-0.4, -0.2) is 26.5 Å². The van der Waals surface area contributed by atoms with Crippen molar-refractivity contribution < 1.29 is 9.90 Å². The highest BCUT2D eigenvalue weighted by Crippen LogP contribution is 2.25. The third kappa shape index (κ3) is 3.17. The van der Waals surface area contributed by atoms with Crippen molar-refractivity contribution in [1.82, 2.24) is 15.4 Å². The molecule has 0 radical (unpaired) electrons. The summed E-state index contributed by atoms with van der Waals surface area (Å²) in [6.07, 6.45) is 0. The van der Waals surface area contributed by atoms with Crippen LogP contribution in [0.1, 0.15) is 16.1 Å². The SMILES string of the molecule is O=C(O)c1n[nH]nc1SCc1ccc(-c2ccccc2)cc1. The van der Waals surface area contributed by atoms with E-state index in [1.165, 1.54) is 17.3 Å². The van der Waals surface area contributed by atoms with E-state index in [2.05, 4.69) is 39.7 Å². The molecular formula is C16H13N3O2S. The third-order valence-corrected chi connectivity index (χ3v) is 4.19. The molecule has 0 saturated carbocycles. The second-order valence-electron chi connectivity index (χ2n) is 4.63. The van der Waals surface area contributed by atoms with Crippen LogP contribution >= 0.6 is 11.8 Å². The molecule has 2 aromatic carbocycles. The van der Waals surface area contributed by atoms with Crippen molar-refractivity contribution in [3.05, 3.63) is 65.9 Å². The summed E-state index contributed by atoms with van der Waals surface area (Å²) in [4.78, 5) is 11.0. The molecule has 0 spiro atoms. The van der Waals surface area contributed by atoms with Gasteiger partial charge in [-0.25, -0.2) is 4.79 Å². The van der Waals surface area contributed by atoms with E-state index in [9.17, 15) is 4.79 Å². The molecule has 22 heavy (non-hydrogen) atoms. The molecular weight excluding hydrogens is 298 g/mol. The van der Waals surface area contributed by atoms with Crippen LogP contribution in [0, 0.1) is 0 Å². The maximum absolute atomic E-state index is 11.0. The predicted molar refractivity (Wildman–Crippen MR) is 84.8 cm³/mol. The highest BCUT2D eigenvalue weighted by Gasteiger charge is 2.15. The normalized spacial score (nSPS) is 10.5. The molecule has 0 amide bonds. The number of aromatic nitrogens is 3. The Balaban J connectivity index is 1.69. The number of nitrogens with zero attached hydrogens (tertiary/aromatic N) is 2. The minimum Gasteiger partial charge on any atom is -0.476 e. The number of hydrogen-bond donors (Lipinski definition) is 2. The van der Waals surface area contributed by atoms with Crippen molar-refractivity contribution in [2.75, 3.05) is 0 Å². The van der Waals surface area contributed by atoms with Gasteiger partial charge in [-0.15, -0.1) is 10.2 Å². The molecule has 5 nitrogen and oxygen atoms in total. The molecule has 0 aliphatic rings. The van der Waals surface area contributed by atoms with Crippen LogP contribution in [0.4, 0.5) is 0 Å². The summed E-state index contributed by atoms with van der Waals surface area (Å²) in [6.45, 7) is 0. The first-order chi connectivity index (χ1) is 10.7. The second kappa shape index (κ2) is 6.44. The van der Waals surface area contributed by atoms with Crippen LogP contribution in [0.15, 0.2) is 59.6 Å². The molecule has 1 heterocycles. The summed E-state index contributed by atoms with van der Waals surface area (Å²) in [5.74, 6) is -0.433. The van der Waals surface area contributed by atoms with Crippen molar-refractivity contribution in [3.8, 4) is 11.1 Å². The number of rotatable bonds is 5. The Morgan fingerprint density at radius 1 is 1.00 bits per heavy atom. The Labute approximate surface area is 131 Å². The topological polar surface area (TPSA) is 78.9 Å². The molecule has 2 N–H and O–H groups in total. The number of hydrogen-bond acceptors (Lipinski definition) is 4. The lowest BCUT2D eigenvalue weighted by atomic mass is 10.0. The fraction of sp³-hybridized carbons (Fsp3) is 0.0625. The van der Waals surface area contributed by atoms with Crippen LogP contribution in [0.25, 0.3) is 11.1 Å². The summed E-state index contributed by atoms with van der Waals surface area (Å²) >= 11 is 1.35. The van der Waals surface area contributed by atoms with Crippen molar-refractivity contribution in [2.45, 2.75) is 10.8 Å². The molecule has 3 aromatic rings. The van der Waals surface area contributed by atoms with E-state index < -0.39 is 5.97 Å². The summed E-state index contributed by atoms with van der Waals surface area (Å²) in [7, 11) is 0. The third-order valence-electron chi connectivity index (χ3n) is 3.16. The summed E-state index contributed by atoms with van der Waals surface area (Å²) < 4.78 is 0. The molecule has 0 atom stereocenters. The van der Waals surface area contributed by atoms with Crippen molar-refractivity contribution in [3.63, 3.8) is 0 Å². The van der Waals surface area contributed by atoms with Crippen LogP contribution in [-0.2, 0) is 5.75 Å². The van der Waals surface area contributed by atoms with E-state index in [0.29, 0.717) is 10.8 Å².